The topological polar surface area (TPSA) is 37.8 Å². The number of nitrogens with zero attached hydrogens (tertiary/aromatic N) is 2. The summed E-state index contributed by atoms with van der Waals surface area (Å²) in [5.41, 5.74) is 2.10. The molecule has 0 atom stereocenters. The fourth-order valence-corrected chi connectivity index (χ4v) is 1.92. The molecule has 1 aromatic carbocycles. The summed E-state index contributed by atoms with van der Waals surface area (Å²) in [7, 11) is 0. The van der Waals surface area contributed by atoms with Gasteiger partial charge in [0.1, 0.15) is 0 Å². The fraction of sp³-hybridized carbons (Fsp3) is 0.167. The van der Waals surface area contributed by atoms with Crippen molar-refractivity contribution in [2.45, 2.75) is 0 Å². The Morgan fingerprint density at radius 3 is 2.59 bits per heavy atom. The van der Waals surface area contributed by atoms with Gasteiger partial charge in [-0.3, -0.25) is 0 Å². The van der Waals surface area contributed by atoms with Crippen molar-refractivity contribution in [1.29, 1.82) is 0 Å². The molecule has 0 spiro atoms. The van der Waals surface area contributed by atoms with E-state index in [0.717, 1.165) is 27.9 Å². The Hall–Kier alpha value is -1.07. The quantitative estimate of drug-likeness (QED) is 0.851. The molecule has 0 aliphatic heterocycles. The Balaban J connectivity index is 2.17. The zero-order valence-electron chi connectivity index (χ0n) is 9.10. The molecule has 1 N–H and O–H groups in total. The molecule has 2 rings (SSSR count). The molecule has 0 unspecified atom stereocenters. The first-order valence-electron chi connectivity index (χ1n) is 5.22. The van der Waals surface area contributed by atoms with Gasteiger partial charge in [0.25, 0.3) is 0 Å². The van der Waals surface area contributed by atoms with Gasteiger partial charge in [-0.25, -0.2) is 9.97 Å². The minimum Gasteiger partial charge on any atom is -0.353 e. The molecule has 0 aliphatic rings. The number of halogens is 1. The standard InChI is InChI=1S/C12H12BrN3S/c13-11-3-1-2-9(6-11)10-7-15-12(16-8-10)14-4-5-17/h1-3,6-8,17H,4-5H2,(H,14,15,16). The van der Waals surface area contributed by atoms with Crippen LogP contribution in [0.4, 0.5) is 5.95 Å². The van der Waals surface area contributed by atoms with Crippen LogP contribution in [0.5, 0.6) is 0 Å². The van der Waals surface area contributed by atoms with Crippen LogP contribution in [0.15, 0.2) is 41.1 Å². The molecule has 0 aliphatic carbocycles. The van der Waals surface area contributed by atoms with E-state index >= 15 is 0 Å². The number of rotatable bonds is 4. The summed E-state index contributed by atoms with van der Waals surface area (Å²) in [6, 6.07) is 8.06. The predicted molar refractivity (Wildman–Crippen MR) is 77.5 cm³/mol. The summed E-state index contributed by atoms with van der Waals surface area (Å²) in [5, 5.41) is 3.08. The number of nitrogens with one attached hydrogen (secondary N) is 1. The highest BCUT2D eigenvalue weighted by atomic mass is 79.9. The van der Waals surface area contributed by atoms with Gasteiger partial charge in [-0.2, -0.15) is 12.6 Å². The third kappa shape index (κ3) is 3.44. The van der Waals surface area contributed by atoms with Crippen LogP contribution in [-0.4, -0.2) is 22.3 Å². The van der Waals surface area contributed by atoms with Crippen molar-refractivity contribution in [2.75, 3.05) is 17.6 Å². The van der Waals surface area contributed by atoms with Gasteiger partial charge >= 0.3 is 0 Å². The van der Waals surface area contributed by atoms with Gasteiger partial charge in [0.2, 0.25) is 5.95 Å². The van der Waals surface area contributed by atoms with Crippen molar-refractivity contribution in [2.24, 2.45) is 0 Å². The molecule has 2 aromatic rings. The highest BCUT2D eigenvalue weighted by Gasteiger charge is 2.00. The lowest BCUT2D eigenvalue weighted by Crippen LogP contribution is -2.05. The molecular formula is C12H12BrN3S. The maximum Gasteiger partial charge on any atom is 0.222 e. The van der Waals surface area contributed by atoms with E-state index < -0.39 is 0 Å². The van der Waals surface area contributed by atoms with Crippen molar-refractivity contribution in [3.05, 3.63) is 41.1 Å². The number of hydrogen-bond acceptors (Lipinski definition) is 4. The predicted octanol–water partition coefficient (Wildman–Crippen LogP) is 3.25. The van der Waals surface area contributed by atoms with Gasteiger partial charge in [-0.05, 0) is 17.7 Å². The molecule has 1 aromatic heterocycles. The number of anilines is 1. The first kappa shape index (κ1) is 12.4. The van der Waals surface area contributed by atoms with Crippen LogP contribution in [0.1, 0.15) is 0 Å². The lowest BCUT2D eigenvalue weighted by molar-refractivity contribution is 1.09. The van der Waals surface area contributed by atoms with Crippen LogP contribution in [0.3, 0.4) is 0 Å². The van der Waals surface area contributed by atoms with E-state index in [4.69, 9.17) is 0 Å². The van der Waals surface area contributed by atoms with E-state index in [1.807, 2.05) is 36.7 Å². The van der Waals surface area contributed by atoms with Crippen molar-refractivity contribution >= 4 is 34.5 Å². The number of hydrogen-bond donors (Lipinski definition) is 2. The molecule has 88 valence electrons. The third-order valence-electron chi connectivity index (χ3n) is 2.20. The van der Waals surface area contributed by atoms with Gasteiger partial charge in [0.15, 0.2) is 0 Å². The van der Waals surface area contributed by atoms with Crippen LogP contribution >= 0.6 is 28.6 Å². The van der Waals surface area contributed by atoms with Crippen LogP contribution in [0, 0.1) is 0 Å². The maximum atomic E-state index is 4.25. The van der Waals surface area contributed by atoms with Crippen LogP contribution in [-0.2, 0) is 0 Å². The Labute approximate surface area is 114 Å². The van der Waals surface area contributed by atoms with Gasteiger partial charge in [-0.15, -0.1) is 0 Å². The summed E-state index contributed by atoms with van der Waals surface area (Å²) in [5.74, 6) is 1.40. The molecular weight excluding hydrogens is 298 g/mol. The summed E-state index contributed by atoms with van der Waals surface area (Å²) < 4.78 is 1.05. The van der Waals surface area contributed by atoms with Crippen molar-refractivity contribution in [3.8, 4) is 11.1 Å². The summed E-state index contributed by atoms with van der Waals surface area (Å²) in [6.45, 7) is 0.763. The zero-order valence-corrected chi connectivity index (χ0v) is 11.6. The Bertz CT molecular complexity index is 487. The second-order valence-electron chi connectivity index (χ2n) is 3.46. The molecule has 0 amide bonds. The second-order valence-corrected chi connectivity index (χ2v) is 4.82. The first-order chi connectivity index (χ1) is 8.29. The molecule has 0 saturated heterocycles. The van der Waals surface area contributed by atoms with E-state index in [-0.39, 0.29) is 0 Å². The molecule has 0 bridgehead atoms. The van der Waals surface area contributed by atoms with E-state index in [0.29, 0.717) is 5.95 Å². The van der Waals surface area contributed by atoms with Crippen molar-refractivity contribution in [1.82, 2.24) is 9.97 Å². The average Bonchev–Trinajstić information content (AvgIpc) is 2.37. The van der Waals surface area contributed by atoms with E-state index in [2.05, 4.69) is 43.8 Å². The molecule has 0 fully saturated rings. The Kier molecular flexibility index (Phi) is 4.39. The van der Waals surface area contributed by atoms with E-state index in [1.165, 1.54) is 0 Å². The number of benzene rings is 1. The van der Waals surface area contributed by atoms with Gasteiger partial charge in [-0.1, -0.05) is 28.1 Å². The molecule has 17 heavy (non-hydrogen) atoms. The lowest BCUT2D eigenvalue weighted by atomic mass is 10.1. The smallest absolute Gasteiger partial charge is 0.222 e. The lowest BCUT2D eigenvalue weighted by Gasteiger charge is -2.04. The number of aromatic nitrogens is 2. The molecule has 0 saturated carbocycles. The molecule has 1 heterocycles. The molecule has 0 radical (unpaired) electrons. The van der Waals surface area contributed by atoms with E-state index in [1.54, 1.807) is 0 Å². The fourth-order valence-electron chi connectivity index (χ4n) is 1.40. The second kappa shape index (κ2) is 6.02. The van der Waals surface area contributed by atoms with E-state index in [9.17, 15) is 0 Å². The zero-order chi connectivity index (χ0) is 12.1. The minimum absolute atomic E-state index is 0.637. The highest BCUT2D eigenvalue weighted by Crippen LogP contribution is 2.21. The minimum atomic E-state index is 0.637. The highest BCUT2D eigenvalue weighted by molar-refractivity contribution is 9.10. The molecule has 3 nitrogen and oxygen atoms in total. The normalized spacial score (nSPS) is 10.2. The third-order valence-corrected chi connectivity index (χ3v) is 2.92. The van der Waals surface area contributed by atoms with Gasteiger partial charge in [0, 0.05) is 34.7 Å². The van der Waals surface area contributed by atoms with Gasteiger partial charge < -0.3 is 5.32 Å². The summed E-state index contributed by atoms with van der Waals surface area (Å²) in [4.78, 5) is 8.50. The molecule has 5 heteroatoms. The average molecular weight is 310 g/mol. The van der Waals surface area contributed by atoms with Crippen LogP contribution < -0.4 is 5.32 Å². The van der Waals surface area contributed by atoms with Gasteiger partial charge in [0.05, 0.1) is 0 Å². The Morgan fingerprint density at radius 1 is 1.18 bits per heavy atom. The first-order valence-corrected chi connectivity index (χ1v) is 6.65. The summed E-state index contributed by atoms with van der Waals surface area (Å²) >= 11 is 7.56. The maximum absolute atomic E-state index is 4.25. The van der Waals surface area contributed by atoms with Crippen LogP contribution in [0.25, 0.3) is 11.1 Å². The SMILES string of the molecule is SCCNc1ncc(-c2cccc(Br)c2)cn1. The van der Waals surface area contributed by atoms with Crippen molar-refractivity contribution in [3.63, 3.8) is 0 Å². The summed E-state index contributed by atoms with van der Waals surface area (Å²) in [6.07, 6.45) is 3.63. The number of thiol groups is 1. The van der Waals surface area contributed by atoms with Crippen LogP contribution in [0.2, 0.25) is 0 Å². The van der Waals surface area contributed by atoms with Crippen molar-refractivity contribution < 1.29 is 0 Å². The Morgan fingerprint density at radius 2 is 1.94 bits per heavy atom. The monoisotopic (exact) mass is 309 g/mol. The largest absolute Gasteiger partial charge is 0.353 e.